The normalized spacial score (nSPS) is 11.9. The monoisotopic (exact) mass is 237 g/mol. The molecule has 0 spiro atoms. The SMILES string of the molecule is CC[C@@H](NC(=O)c1cc(C)nnc1C)C(=O)O. The smallest absolute Gasteiger partial charge is 0.326 e. The third-order valence-electron chi connectivity index (χ3n) is 2.36. The van der Waals surface area contributed by atoms with E-state index in [1.54, 1.807) is 26.8 Å². The Balaban J connectivity index is 2.89. The van der Waals surface area contributed by atoms with Gasteiger partial charge in [-0.15, -0.1) is 0 Å². The number of carbonyl (C=O) groups excluding carboxylic acids is 1. The number of aliphatic carboxylic acids is 1. The van der Waals surface area contributed by atoms with Crippen LogP contribution in [0.4, 0.5) is 0 Å². The van der Waals surface area contributed by atoms with Crippen LogP contribution < -0.4 is 5.32 Å². The molecule has 0 aliphatic carbocycles. The predicted octanol–water partition coefficient (Wildman–Crippen LogP) is 0.686. The van der Waals surface area contributed by atoms with E-state index in [1.807, 2.05) is 0 Å². The summed E-state index contributed by atoms with van der Waals surface area (Å²) in [5, 5.41) is 18.9. The predicted molar refractivity (Wildman–Crippen MR) is 60.7 cm³/mol. The highest BCUT2D eigenvalue weighted by molar-refractivity contribution is 5.97. The van der Waals surface area contributed by atoms with Gasteiger partial charge in [0.2, 0.25) is 0 Å². The quantitative estimate of drug-likeness (QED) is 0.803. The van der Waals surface area contributed by atoms with Crippen LogP contribution in [0.5, 0.6) is 0 Å². The van der Waals surface area contributed by atoms with Crippen molar-refractivity contribution in [1.82, 2.24) is 15.5 Å². The Bertz CT molecular complexity index is 446. The summed E-state index contributed by atoms with van der Waals surface area (Å²) < 4.78 is 0. The first-order valence-corrected chi connectivity index (χ1v) is 5.30. The molecule has 1 aromatic heterocycles. The maximum Gasteiger partial charge on any atom is 0.326 e. The standard InChI is InChI=1S/C11H15N3O3/c1-4-9(11(16)17)12-10(15)8-5-6(2)13-14-7(8)3/h5,9H,4H2,1-3H3,(H,12,15)(H,16,17)/t9-/m1/s1. The van der Waals surface area contributed by atoms with E-state index in [2.05, 4.69) is 15.5 Å². The van der Waals surface area contributed by atoms with E-state index < -0.39 is 17.9 Å². The molecule has 1 rings (SSSR count). The minimum absolute atomic E-state index is 0.331. The summed E-state index contributed by atoms with van der Waals surface area (Å²) in [5.41, 5.74) is 1.45. The average Bonchev–Trinajstić information content (AvgIpc) is 2.28. The molecule has 0 aliphatic heterocycles. The van der Waals surface area contributed by atoms with E-state index in [4.69, 9.17) is 5.11 Å². The highest BCUT2D eigenvalue weighted by atomic mass is 16.4. The van der Waals surface area contributed by atoms with Gasteiger partial charge in [0.15, 0.2) is 0 Å². The molecule has 0 saturated heterocycles. The van der Waals surface area contributed by atoms with Gasteiger partial charge in [-0.2, -0.15) is 10.2 Å². The number of rotatable bonds is 4. The van der Waals surface area contributed by atoms with Crippen molar-refractivity contribution in [2.45, 2.75) is 33.2 Å². The molecule has 0 aliphatic rings. The fourth-order valence-electron chi connectivity index (χ4n) is 1.35. The van der Waals surface area contributed by atoms with E-state index in [9.17, 15) is 9.59 Å². The highest BCUT2D eigenvalue weighted by Crippen LogP contribution is 2.06. The number of amides is 1. The first kappa shape index (κ1) is 13.1. The van der Waals surface area contributed by atoms with E-state index >= 15 is 0 Å². The zero-order valence-electron chi connectivity index (χ0n) is 10.0. The van der Waals surface area contributed by atoms with Gasteiger partial charge < -0.3 is 10.4 Å². The lowest BCUT2D eigenvalue weighted by Crippen LogP contribution is -2.40. The first-order chi connectivity index (χ1) is 7.95. The van der Waals surface area contributed by atoms with Crippen LogP contribution in [0.1, 0.15) is 35.1 Å². The van der Waals surface area contributed by atoms with Crippen molar-refractivity contribution in [3.63, 3.8) is 0 Å². The molecular weight excluding hydrogens is 222 g/mol. The minimum Gasteiger partial charge on any atom is -0.480 e. The Labute approximate surface area is 99.1 Å². The number of nitrogens with one attached hydrogen (secondary N) is 1. The fourth-order valence-corrected chi connectivity index (χ4v) is 1.35. The van der Waals surface area contributed by atoms with Crippen molar-refractivity contribution < 1.29 is 14.7 Å². The van der Waals surface area contributed by atoms with Gasteiger partial charge in [0.1, 0.15) is 6.04 Å². The van der Waals surface area contributed by atoms with Gasteiger partial charge in [-0.1, -0.05) is 6.92 Å². The van der Waals surface area contributed by atoms with Crippen molar-refractivity contribution in [1.29, 1.82) is 0 Å². The summed E-state index contributed by atoms with van der Waals surface area (Å²) in [5.74, 6) is -1.48. The van der Waals surface area contributed by atoms with Crippen molar-refractivity contribution in [2.75, 3.05) is 0 Å². The molecule has 92 valence electrons. The van der Waals surface area contributed by atoms with Crippen molar-refractivity contribution >= 4 is 11.9 Å². The van der Waals surface area contributed by atoms with E-state index in [0.717, 1.165) is 0 Å². The summed E-state index contributed by atoms with van der Waals surface area (Å²) in [7, 11) is 0. The summed E-state index contributed by atoms with van der Waals surface area (Å²) in [6.07, 6.45) is 0.331. The van der Waals surface area contributed by atoms with Gasteiger partial charge in [0.05, 0.1) is 17.0 Å². The van der Waals surface area contributed by atoms with E-state index in [-0.39, 0.29) is 0 Å². The van der Waals surface area contributed by atoms with E-state index in [0.29, 0.717) is 23.4 Å². The van der Waals surface area contributed by atoms with Gasteiger partial charge in [-0.3, -0.25) is 4.79 Å². The number of hydrogen-bond donors (Lipinski definition) is 2. The third-order valence-corrected chi connectivity index (χ3v) is 2.36. The molecule has 6 heteroatoms. The second-order valence-corrected chi connectivity index (χ2v) is 3.76. The fraction of sp³-hybridized carbons (Fsp3) is 0.455. The number of carboxylic acid groups (broad SMARTS) is 1. The largest absolute Gasteiger partial charge is 0.480 e. The molecule has 1 atom stereocenters. The van der Waals surface area contributed by atoms with Crippen LogP contribution in [-0.4, -0.2) is 33.2 Å². The molecule has 6 nitrogen and oxygen atoms in total. The van der Waals surface area contributed by atoms with Crippen LogP contribution >= 0.6 is 0 Å². The van der Waals surface area contributed by atoms with Crippen LogP contribution in [0, 0.1) is 13.8 Å². The Kier molecular flexibility index (Phi) is 4.14. The molecule has 0 unspecified atom stereocenters. The zero-order valence-corrected chi connectivity index (χ0v) is 10.0. The van der Waals surface area contributed by atoms with Gasteiger partial charge in [-0.05, 0) is 26.3 Å². The van der Waals surface area contributed by atoms with Gasteiger partial charge in [0.25, 0.3) is 5.91 Å². The van der Waals surface area contributed by atoms with Crippen molar-refractivity contribution in [3.8, 4) is 0 Å². The lowest BCUT2D eigenvalue weighted by Gasteiger charge is -2.13. The second kappa shape index (κ2) is 5.38. The minimum atomic E-state index is -1.04. The van der Waals surface area contributed by atoms with E-state index in [1.165, 1.54) is 0 Å². The zero-order chi connectivity index (χ0) is 13.0. The third kappa shape index (κ3) is 3.24. The average molecular weight is 237 g/mol. The molecular formula is C11H15N3O3. The number of carbonyl (C=O) groups is 2. The molecule has 0 aromatic carbocycles. The van der Waals surface area contributed by atoms with Crippen LogP contribution in [0.2, 0.25) is 0 Å². The highest BCUT2D eigenvalue weighted by Gasteiger charge is 2.20. The number of carboxylic acids is 1. The van der Waals surface area contributed by atoms with Crippen LogP contribution in [0.15, 0.2) is 6.07 Å². The Morgan fingerprint density at radius 1 is 1.41 bits per heavy atom. The van der Waals surface area contributed by atoms with Crippen molar-refractivity contribution in [2.24, 2.45) is 0 Å². The molecule has 1 amide bonds. The van der Waals surface area contributed by atoms with Gasteiger partial charge in [-0.25, -0.2) is 4.79 Å². The number of aromatic nitrogens is 2. The molecule has 17 heavy (non-hydrogen) atoms. The first-order valence-electron chi connectivity index (χ1n) is 5.30. The molecule has 1 heterocycles. The maximum atomic E-state index is 11.8. The Hall–Kier alpha value is -1.98. The van der Waals surface area contributed by atoms with Gasteiger partial charge in [0, 0.05) is 0 Å². The van der Waals surface area contributed by atoms with Crippen LogP contribution in [0.25, 0.3) is 0 Å². The number of hydrogen-bond acceptors (Lipinski definition) is 4. The topological polar surface area (TPSA) is 92.2 Å². The molecule has 0 radical (unpaired) electrons. The summed E-state index contributed by atoms with van der Waals surface area (Å²) in [6.45, 7) is 5.07. The van der Waals surface area contributed by atoms with Crippen molar-refractivity contribution in [3.05, 3.63) is 23.0 Å². The Morgan fingerprint density at radius 3 is 2.59 bits per heavy atom. The lowest BCUT2D eigenvalue weighted by atomic mass is 10.1. The number of nitrogens with zero attached hydrogens (tertiary/aromatic N) is 2. The summed E-state index contributed by atoms with van der Waals surface area (Å²) >= 11 is 0. The molecule has 0 fully saturated rings. The second-order valence-electron chi connectivity index (χ2n) is 3.76. The summed E-state index contributed by atoms with van der Waals surface area (Å²) in [4.78, 5) is 22.7. The van der Waals surface area contributed by atoms with Gasteiger partial charge >= 0.3 is 5.97 Å². The van der Waals surface area contributed by atoms with Crippen LogP contribution in [-0.2, 0) is 4.79 Å². The lowest BCUT2D eigenvalue weighted by molar-refractivity contribution is -0.139. The Morgan fingerprint density at radius 2 is 2.06 bits per heavy atom. The number of aryl methyl sites for hydroxylation is 2. The molecule has 1 aromatic rings. The molecule has 0 bridgehead atoms. The van der Waals surface area contributed by atoms with Crippen LogP contribution in [0.3, 0.4) is 0 Å². The molecule has 0 saturated carbocycles. The maximum absolute atomic E-state index is 11.8. The summed E-state index contributed by atoms with van der Waals surface area (Å²) in [6, 6.07) is 0.710. The molecule has 2 N–H and O–H groups in total.